The first-order valence-corrected chi connectivity index (χ1v) is 5.76. The van der Waals surface area contributed by atoms with E-state index in [0.29, 0.717) is 17.1 Å². The van der Waals surface area contributed by atoms with E-state index in [9.17, 15) is 4.79 Å². The van der Waals surface area contributed by atoms with Crippen molar-refractivity contribution >= 4 is 23.2 Å². The SMILES string of the molecule is Cn1nccc1CNc1ccc(C(N)=O)c(Cl)c1. The van der Waals surface area contributed by atoms with E-state index < -0.39 is 5.91 Å². The second-order valence-corrected chi connectivity index (χ2v) is 4.27. The van der Waals surface area contributed by atoms with Gasteiger partial charge in [0.15, 0.2) is 0 Å². The van der Waals surface area contributed by atoms with Crippen LogP contribution < -0.4 is 11.1 Å². The number of primary amides is 1. The van der Waals surface area contributed by atoms with Crippen molar-refractivity contribution in [2.24, 2.45) is 12.8 Å². The van der Waals surface area contributed by atoms with E-state index in [1.807, 2.05) is 13.1 Å². The molecular formula is C12H13ClN4O. The van der Waals surface area contributed by atoms with Crippen molar-refractivity contribution in [2.75, 3.05) is 5.32 Å². The average Bonchev–Trinajstić information content (AvgIpc) is 2.72. The van der Waals surface area contributed by atoms with Crippen LogP contribution in [-0.4, -0.2) is 15.7 Å². The van der Waals surface area contributed by atoms with Gasteiger partial charge in [-0.15, -0.1) is 0 Å². The summed E-state index contributed by atoms with van der Waals surface area (Å²) in [4.78, 5) is 11.0. The molecular weight excluding hydrogens is 252 g/mol. The summed E-state index contributed by atoms with van der Waals surface area (Å²) in [5.74, 6) is -0.529. The lowest BCUT2D eigenvalue weighted by Gasteiger charge is -2.08. The summed E-state index contributed by atoms with van der Waals surface area (Å²) in [6.07, 6.45) is 1.74. The van der Waals surface area contributed by atoms with Crippen molar-refractivity contribution in [1.82, 2.24) is 9.78 Å². The van der Waals surface area contributed by atoms with E-state index in [1.165, 1.54) is 0 Å². The normalized spacial score (nSPS) is 10.3. The van der Waals surface area contributed by atoms with Gasteiger partial charge in [-0.25, -0.2) is 0 Å². The van der Waals surface area contributed by atoms with Gasteiger partial charge < -0.3 is 11.1 Å². The van der Waals surface area contributed by atoms with Crippen molar-refractivity contribution in [3.63, 3.8) is 0 Å². The maximum absolute atomic E-state index is 11.0. The molecule has 0 radical (unpaired) electrons. The van der Waals surface area contributed by atoms with Crippen LogP contribution in [0.15, 0.2) is 30.5 Å². The Morgan fingerprint density at radius 2 is 2.28 bits per heavy atom. The largest absolute Gasteiger partial charge is 0.379 e. The second-order valence-electron chi connectivity index (χ2n) is 3.86. The fourth-order valence-corrected chi connectivity index (χ4v) is 1.87. The molecule has 0 saturated heterocycles. The van der Waals surface area contributed by atoms with E-state index in [4.69, 9.17) is 17.3 Å². The van der Waals surface area contributed by atoms with Gasteiger partial charge in [-0.2, -0.15) is 5.10 Å². The highest BCUT2D eigenvalue weighted by Gasteiger charge is 2.07. The second kappa shape index (κ2) is 5.10. The van der Waals surface area contributed by atoms with Crippen LogP contribution in [0, 0.1) is 0 Å². The zero-order valence-electron chi connectivity index (χ0n) is 9.85. The fourth-order valence-electron chi connectivity index (χ4n) is 1.59. The Labute approximate surface area is 110 Å². The number of nitrogens with two attached hydrogens (primary N) is 1. The Morgan fingerprint density at radius 1 is 1.50 bits per heavy atom. The molecule has 5 nitrogen and oxygen atoms in total. The van der Waals surface area contributed by atoms with Gasteiger partial charge in [0.25, 0.3) is 0 Å². The van der Waals surface area contributed by atoms with Crippen molar-refractivity contribution in [2.45, 2.75) is 6.54 Å². The highest BCUT2D eigenvalue weighted by atomic mass is 35.5. The molecule has 2 rings (SSSR count). The summed E-state index contributed by atoms with van der Waals surface area (Å²) in [7, 11) is 1.88. The molecule has 0 saturated carbocycles. The van der Waals surface area contributed by atoms with E-state index in [0.717, 1.165) is 11.4 Å². The molecule has 2 aromatic rings. The van der Waals surface area contributed by atoms with E-state index in [-0.39, 0.29) is 0 Å². The summed E-state index contributed by atoms with van der Waals surface area (Å²) in [5, 5.41) is 7.62. The number of carbonyl (C=O) groups excluding carboxylic acids is 1. The third kappa shape index (κ3) is 2.62. The van der Waals surface area contributed by atoms with Crippen LogP contribution in [0.2, 0.25) is 5.02 Å². The number of carbonyl (C=O) groups is 1. The third-order valence-electron chi connectivity index (χ3n) is 2.63. The minimum absolute atomic E-state index is 0.322. The van der Waals surface area contributed by atoms with Crippen LogP contribution in [0.5, 0.6) is 0 Å². The summed E-state index contributed by atoms with van der Waals surface area (Å²) < 4.78 is 1.78. The number of aryl methyl sites for hydroxylation is 1. The maximum Gasteiger partial charge on any atom is 0.250 e. The minimum atomic E-state index is -0.529. The van der Waals surface area contributed by atoms with E-state index in [1.54, 1.807) is 29.1 Å². The predicted molar refractivity (Wildman–Crippen MR) is 70.5 cm³/mol. The lowest BCUT2D eigenvalue weighted by atomic mass is 10.2. The highest BCUT2D eigenvalue weighted by Crippen LogP contribution is 2.21. The smallest absolute Gasteiger partial charge is 0.250 e. The third-order valence-corrected chi connectivity index (χ3v) is 2.94. The van der Waals surface area contributed by atoms with Gasteiger partial charge in [0.1, 0.15) is 0 Å². The summed E-state index contributed by atoms with van der Waals surface area (Å²) in [6.45, 7) is 0.628. The van der Waals surface area contributed by atoms with Gasteiger partial charge in [0, 0.05) is 18.9 Å². The molecule has 1 aromatic heterocycles. The van der Waals surface area contributed by atoms with E-state index in [2.05, 4.69) is 10.4 Å². The van der Waals surface area contributed by atoms with Crippen molar-refractivity contribution in [3.05, 3.63) is 46.7 Å². The molecule has 0 unspecified atom stereocenters. The Balaban J connectivity index is 2.09. The van der Waals surface area contributed by atoms with Gasteiger partial charge in [0.05, 0.1) is 22.8 Å². The number of hydrogen-bond donors (Lipinski definition) is 2. The predicted octanol–water partition coefficient (Wildman–Crippen LogP) is 1.78. The standard InChI is InChI=1S/C12H13ClN4O/c1-17-9(4-5-16-17)7-15-8-2-3-10(12(14)18)11(13)6-8/h2-6,15H,7H2,1H3,(H2,14,18). The quantitative estimate of drug-likeness (QED) is 0.884. The number of nitrogens with zero attached hydrogens (tertiary/aromatic N) is 2. The molecule has 1 amide bonds. The zero-order valence-corrected chi connectivity index (χ0v) is 10.6. The molecule has 18 heavy (non-hydrogen) atoms. The summed E-state index contributed by atoms with van der Waals surface area (Å²) >= 11 is 5.96. The fraction of sp³-hybridized carbons (Fsp3) is 0.167. The number of nitrogens with one attached hydrogen (secondary N) is 1. The average molecular weight is 265 g/mol. The molecule has 1 heterocycles. The van der Waals surface area contributed by atoms with Crippen molar-refractivity contribution in [1.29, 1.82) is 0 Å². The molecule has 3 N–H and O–H groups in total. The van der Waals surface area contributed by atoms with Crippen LogP contribution in [0.3, 0.4) is 0 Å². The summed E-state index contributed by atoms with van der Waals surface area (Å²) in [5.41, 5.74) is 7.37. The summed E-state index contributed by atoms with van der Waals surface area (Å²) in [6, 6.07) is 6.98. The molecule has 0 bridgehead atoms. The molecule has 0 spiro atoms. The van der Waals surface area contributed by atoms with Gasteiger partial charge >= 0.3 is 0 Å². The number of anilines is 1. The molecule has 1 aromatic carbocycles. The Morgan fingerprint density at radius 3 is 2.83 bits per heavy atom. The first-order chi connectivity index (χ1) is 8.58. The Hall–Kier alpha value is -2.01. The van der Waals surface area contributed by atoms with Crippen LogP contribution in [0.4, 0.5) is 5.69 Å². The van der Waals surface area contributed by atoms with Crippen molar-refractivity contribution in [3.8, 4) is 0 Å². The molecule has 0 aliphatic heterocycles. The van der Waals surface area contributed by atoms with Gasteiger partial charge in [0.2, 0.25) is 5.91 Å². The lowest BCUT2D eigenvalue weighted by molar-refractivity contribution is 0.100. The molecule has 0 aliphatic carbocycles. The van der Waals surface area contributed by atoms with Crippen LogP contribution in [-0.2, 0) is 13.6 Å². The lowest BCUT2D eigenvalue weighted by Crippen LogP contribution is -2.12. The van der Waals surface area contributed by atoms with Crippen molar-refractivity contribution < 1.29 is 4.79 Å². The topological polar surface area (TPSA) is 72.9 Å². The number of rotatable bonds is 4. The number of halogens is 1. The number of benzene rings is 1. The van der Waals surface area contributed by atoms with Crippen LogP contribution in [0.25, 0.3) is 0 Å². The van der Waals surface area contributed by atoms with Gasteiger partial charge in [-0.1, -0.05) is 11.6 Å². The van der Waals surface area contributed by atoms with Crippen LogP contribution in [0.1, 0.15) is 16.1 Å². The zero-order chi connectivity index (χ0) is 13.1. The Kier molecular flexibility index (Phi) is 3.53. The number of amides is 1. The first kappa shape index (κ1) is 12.4. The van der Waals surface area contributed by atoms with Gasteiger partial charge in [-0.05, 0) is 24.3 Å². The number of aromatic nitrogens is 2. The monoisotopic (exact) mass is 264 g/mol. The minimum Gasteiger partial charge on any atom is -0.379 e. The molecule has 6 heteroatoms. The molecule has 0 fully saturated rings. The first-order valence-electron chi connectivity index (χ1n) is 5.38. The number of hydrogen-bond acceptors (Lipinski definition) is 3. The van der Waals surface area contributed by atoms with E-state index >= 15 is 0 Å². The van der Waals surface area contributed by atoms with Crippen LogP contribution >= 0.6 is 11.6 Å². The van der Waals surface area contributed by atoms with Gasteiger partial charge in [-0.3, -0.25) is 9.48 Å². The maximum atomic E-state index is 11.0. The molecule has 0 aliphatic rings. The highest BCUT2D eigenvalue weighted by molar-refractivity contribution is 6.34. The molecule has 0 atom stereocenters. The molecule has 94 valence electrons. The Bertz CT molecular complexity index is 579.